The number of nitrogens with zero attached hydrogens (tertiary/aromatic N) is 1. The Bertz CT molecular complexity index is 851. The van der Waals surface area contributed by atoms with E-state index in [0.717, 1.165) is 0 Å². The molecule has 2 heterocycles. The van der Waals surface area contributed by atoms with E-state index in [1.807, 2.05) is 0 Å². The molecule has 1 amide bonds. The van der Waals surface area contributed by atoms with Crippen molar-refractivity contribution in [3.8, 4) is 0 Å². The molecule has 0 spiro atoms. The zero-order valence-corrected chi connectivity index (χ0v) is 13.9. The number of hydrogen-bond donors (Lipinski definition) is 2. The van der Waals surface area contributed by atoms with Crippen LogP contribution >= 0.6 is 23.2 Å². The maximum Gasteiger partial charge on any atom is 0.270 e. The standard InChI is InChI=1S/C17H13Cl2N3O2/c18-11-3-4-15(14(19)8-11)22-12-5-6-20-16(9-12)17(23)21-10-13-2-1-7-24-13/h1-9H,10H2,(H,20,22)(H,21,23). The topological polar surface area (TPSA) is 67.2 Å². The molecule has 0 aliphatic rings. The van der Waals surface area contributed by atoms with Crippen LogP contribution in [0.25, 0.3) is 0 Å². The molecule has 0 unspecified atom stereocenters. The highest BCUT2D eigenvalue weighted by molar-refractivity contribution is 6.36. The van der Waals surface area contributed by atoms with Gasteiger partial charge >= 0.3 is 0 Å². The summed E-state index contributed by atoms with van der Waals surface area (Å²) in [7, 11) is 0. The minimum Gasteiger partial charge on any atom is -0.467 e. The highest BCUT2D eigenvalue weighted by atomic mass is 35.5. The van der Waals surface area contributed by atoms with Crippen molar-refractivity contribution in [2.75, 3.05) is 5.32 Å². The molecule has 2 N–H and O–H groups in total. The van der Waals surface area contributed by atoms with Crippen molar-refractivity contribution in [3.05, 3.63) is 76.4 Å². The van der Waals surface area contributed by atoms with Gasteiger partial charge in [-0.05, 0) is 42.5 Å². The molecule has 0 saturated carbocycles. The van der Waals surface area contributed by atoms with Crippen LogP contribution in [-0.4, -0.2) is 10.9 Å². The Morgan fingerprint density at radius 1 is 1.17 bits per heavy atom. The first-order valence-electron chi connectivity index (χ1n) is 7.10. The summed E-state index contributed by atoms with van der Waals surface area (Å²) in [6.07, 6.45) is 3.11. The number of hydrogen-bond acceptors (Lipinski definition) is 4. The largest absolute Gasteiger partial charge is 0.467 e. The van der Waals surface area contributed by atoms with E-state index in [1.165, 1.54) is 0 Å². The molecule has 7 heteroatoms. The monoisotopic (exact) mass is 361 g/mol. The van der Waals surface area contributed by atoms with Gasteiger partial charge in [-0.15, -0.1) is 0 Å². The van der Waals surface area contributed by atoms with Crippen molar-refractivity contribution in [1.82, 2.24) is 10.3 Å². The molecular weight excluding hydrogens is 349 g/mol. The average Bonchev–Trinajstić information content (AvgIpc) is 3.09. The van der Waals surface area contributed by atoms with Crippen LogP contribution in [0, 0.1) is 0 Å². The number of rotatable bonds is 5. The Morgan fingerprint density at radius 2 is 2.04 bits per heavy atom. The summed E-state index contributed by atoms with van der Waals surface area (Å²) in [5.74, 6) is 0.378. The average molecular weight is 362 g/mol. The molecule has 2 aromatic heterocycles. The summed E-state index contributed by atoms with van der Waals surface area (Å²) >= 11 is 12.0. The molecule has 0 aliphatic carbocycles. The summed E-state index contributed by atoms with van der Waals surface area (Å²) in [4.78, 5) is 16.3. The van der Waals surface area contributed by atoms with Gasteiger partial charge in [0.25, 0.3) is 5.91 Å². The smallest absolute Gasteiger partial charge is 0.270 e. The summed E-state index contributed by atoms with van der Waals surface area (Å²) in [6, 6.07) is 12.1. The van der Waals surface area contributed by atoms with E-state index >= 15 is 0 Å². The van der Waals surface area contributed by atoms with Crippen LogP contribution in [-0.2, 0) is 6.54 Å². The van der Waals surface area contributed by atoms with E-state index in [4.69, 9.17) is 27.6 Å². The summed E-state index contributed by atoms with van der Waals surface area (Å²) in [5.41, 5.74) is 1.67. The second-order valence-corrected chi connectivity index (χ2v) is 5.78. The highest BCUT2D eigenvalue weighted by Gasteiger charge is 2.09. The van der Waals surface area contributed by atoms with Crippen LogP contribution in [0.3, 0.4) is 0 Å². The molecule has 3 rings (SSSR count). The van der Waals surface area contributed by atoms with E-state index in [-0.39, 0.29) is 11.6 Å². The maximum atomic E-state index is 12.2. The lowest BCUT2D eigenvalue weighted by Gasteiger charge is -2.10. The molecule has 1 aromatic carbocycles. The van der Waals surface area contributed by atoms with Gasteiger partial charge in [-0.1, -0.05) is 23.2 Å². The van der Waals surface area contributed by atoms with Crippen LogP contribution in [0.4, 0.5) is 11.4 Å². The lowest BCUT2D eigenvalue weighted by atomic mass is 10.2. The van der Waals surface area contributed by atoms with Gasteiger partial charge in [-0.25, -0.2) is 0 Å². The van der Waals surface area contributed by atoms with Gasteiger partial charge in [0.2, 0.25) is 0 Å². The molecule has 0 saturated heterocycles. The van der Waals surface area contributed by atoms with Gasteiger partial charge in [0.05, 0.1) is 23.5 Å². The number of furan rings is 1. The molecule has 24 heavy (non-hydrogen) atoms. The van der Waals surface area contributed by atoms with Crippen molar-refractivity contribution in [1.29, 1.82) is 0 Å². The van der Waals surface area contributed by atoms with E-state index in [9.17, 15) is 4.79 Å². The van der Waals surface area contributed by atoms with E-state index in [2.05, 4.69) is 15.6 Å². The Kier molecular flexibility index (Phi) is 5.03. The number of nitrogens with one attached hydrogen (secondary N) is 2. The number of pyridine rings is 1. The molecule has 0 radical (unpaired) electrons. The van der Waals surface area contributed by atoms with Crippen LogP contribution in [0.15, 0.2) is 59.3 Å². The number of halogens is 2. The Hall–Kier alpha value is -2.50. The molecule has 0 bridgehead atoms. The van der Waals surface area contributed by atoms with Crippen LogP contribution < -0.4 is 10.6 Å². The Labute approximate surface area is 148 Å². The van der Waals surface area contributed by atoms with E-state index < -0.39 is 0 Å². The highest BCUT2D eigenvalue weighted by Crippen LogP contribution is 2.28. The summed E-state index contributed by atoms with van der Waals surface area (Å²) < 4.78 is 5.17. The van der Waals surface area contributed by atoms with Crippen LogP contribution in [0.1, 0.15) is 16.2 Å². The number of amides is 1. The first-order chi connectivity index (χ1) is 11.6. The van der Waals surface area contributed by atoms with Crippen molar-refractivity contribution in [2.45, 2.75) is 6.54 Å². The molecule has 122 valence electrons. The molecular formula is C17H13Cl2N3O2. The van der Waals surface area contributed by atoms with Gasteiger partial charge in [0, 0.05) is 16.9 Å². The SMILES string of the molecule is O=C(NCc1ccco1)c1cc(Nc2ccc(Cl)cc2Cl)ccn1. The molecule has 3 aromatic rings. The van der Waals surface area contributed by atoms with Gasteiger partial charge in [-0.3, -0.25) is 9.78 Å². The summed E-state index contributed by atoms with van der Waals surface area (Å²) in [6.45, 7) is 0.300. The molecule has 0 aliphatic heterocycles. The predicted molar refractivity (Wildman–Crippen MR) is 93.9 cm³/mol. The van der Waals surface area contributed by atoms with Crippen LogP contribution in [0.2, 0.25) is 10.0 Å². The Morgan fingerprint density at radius 3 is 2.79 bits per heavy atom. The zero-order valence-electron chi connectivity index (χ0n) is 12.4. The van der Waals surface area contributed by atoms with Crippen molar-refractivity contribution in [3.63, 3.8) is 0 Å². The second-order valence-electron chi connectivity index (χ2n) is 4.94. The number of anilines is 2. The number of benzene rings is 1. The third-order valence-corrected chi connectivity index (χ3v) is 3.75. The fraction of sp³-hybridized carbons (Fsp3) is 0.0588. The Balaban J connectivity index is 1.70. The lowest BCUT2D eigenvalue weighted by Crippen LogP contribution is -2.23. The first-order valence-corrected chi connectivity index (χ1v) is 7.86. The number of aromatic nitrogens is 1. The predicted octanol–water partition coefficient (Wildman–Crippen LogP) is 4.66. The zero-order chi connectivity index (χ0) is 16.9. The second kappa shape index (κ2) is 7.38. The first kappa shape index (κ1) is 16.4. The minimum absolute atomic E-state index is 0.289. The number of carbonyl (C=O) groups is 1. The lowest BCUT2D eigenvalue weighted by molar-refractivity contribution is 0.0943. The molecule has 0 atom stereocenters. The maximum absolute atomic E-state index is 12.2. The van der Waals surface area contributed by atoms with Crippen molar-refractivity contribution < 1.29 is 9.21 Å². The summed E-state index contributed by atoms with van der Waals surface area (Å²) in [5, 5.41) is 6.92. The quantitative estimate of drug-likeness (QED) is 0.693. The minimum atomic E-state index is -0.294. The fourth-order valence-electron chi connectivity index (χ4n) is 2.05. The molecule has 5 nitrogen and oxygen atoms in total. The van der Waals surface area contributed by atoms with Crippen LogP contribution in [0.5, 0.6) is 0 Å². The van der Waals surface area contributed by atoms with Gasteiger partial charge in [0.1, 0.15) is 11.5 Å². The normalized spacial score (nSPS) is 10.4. The third-order valence-electron chi connectivity index (χ3n) is 3.21. The van der Waals surface area contributed by atoms with Gasteiger partial charge in [-0.2, -0.15) is 0 Å². The van der Waals surface area contributed by atoms with Crippen molar-refractivity contribution >= 4 is 40.5 Å². The van der Waals surface area contributed by atoms with Gasteiger partial charge < -0.3 is 15.1 Å². The van der Waals surface area contributed by atoms with Gasteiger partial charge in [0.15, 0.2) is 0 Å². The number of carbonyl (C=O) groups excluding carboxylic acids is 1. The van der Waals surface area contributed by atoms with E-state index in [0.29, 0.717) is 33.7 Å². The molecule has 0 fully saturated rings. The third kappa shape index (κ3) is 4.07. The fourth-order valence-corrected chi connectivity index (χ4v) is 2.51. The van der Waals surface area contributed by atoms with Crippen molar-refractivity contribution in [2.24, 2.45) is 0 Å². The van der Waals surface area contributed by atoms with E-state index in [1.54, 1.807) is 54.9 Å².